The fourth-order valence-electron chi connectivity index (χ4n) is 5.11. The molecular formula is C25H26N6O2S. The van der Waals surface area contributed by atoms with Gasteiger partial charge in [-0.3, -0.25) is 9.59 Å². The highest BCUT2D eigenvalue weighted by Crippen LogP contribution is 2.56. The number of anilines is 2. The number of carbonyl (C=O) groups excluding carboxylic acids is 2. The largest absolute Gasteiger partial charge is 0.324 e. The molecule has 5 heterocycles. The molecular weight excluding hydrogens is 448 g/mol. The predicted molar refractivity (Wildman–Crippen MR) is 130 cm³/mol. The van der Waals surface area contributed by atoms with Crippen molar-refractivity contribution < 1.29 is 9.59 Å². The second-order valence-corrected chi connectivity index (χ2v) is 10.6. The highest BCUT2D eigenvalue weighted by molar-refractivity contribution is 7.16. The van der Waals surface area contributed by atoms with Crippen LogP contribution < -0.4 is 5.32 Å². The highest BCUT2D eigenvalue weighted by atomic mass is 32.1. The molecule has 0 bridgehead atoms. The summed E-state index contributed by atoms with van der Waals surface area (Å²) in [5, 5.41) is 3.21. The molecule has 1 spiro atoms. The number of amides is 1. The van der Waals surface area contributed by atoms with Gasteiger partial charge >= 0.3 is 0 Å². The number of likely N-dealkylation sites (tertiary alicyclic amines) is 1. The molecule has 0 radical (unpaired) electrons. The lowest BCUT2D eigenvalue weighted by atomic mass is 9.91. The van der Waals surface area contributed by atoms with Crippen molar-refractivity contribution in [2.75, 3.05) is 32.5 Å². The van der Waals surface area contributed by atoms with E-state index < -0.39 is 5.54 Å². The molecule has 1 unspecified atom stereocenters. The molecule has 2 aliphatic heterocycles. The van der Waals surface area contributed by atoms with E-state index in [1.54, 1.807) is 18.1 Å². The number of nitrogens with one attached hydrogen (secondary N) is 1. The van der Waals surface area contributed by atoms with E-state index >= 15 is 0 Å². The summed E-state index contributed by atoms with van der Waals surface area (Å²) in [5.41, 5.74) is 2.82. The lowest BCUT2D eigenvalue weighted by Crippen LogP contribution is -2.30. The maximum absolute atomic E-state index is 12.7. The van der Waals surface area contributed by atoms with Crippen LogP contribution in [-0.4, -0.2) is 63.6 Å². The van der Waals surface area contributed by atoms with Crippen LogP contribution >= 0.6 is 11.3 Å². The van der Waals surface area contributed by atoms with Gasteiger partial charge in [0.2, 0.25) is 5.95 Å². The van der Waals surface area contributed by atoms with Crippen LogP contribution in [0.4, 0.5) is 11.8 Å². The molecule has 34 heavy (non-hydrogen) atoms. The minimum atomic E-state index is -0.739. The molecule has 6 rings (SSSR count). The number of hydrogen-bond donors (Lipinski definition) is 1. The first-order valence-corrected chi connectivity index (χ1v) is 12.4. The minimum Gasteiger partial charge on any atom is -0.324 e. The van der Waals surface area contributed by atoms with E-state index in [2.05, 4.69) is 33.3 Å². The lowest BCUT2D eigenvalue weighted by Gasteiger charge is -2.29. The first-order valence-electron chi connectivity index (χ1n) is 11.6. The van der Waals surface area contributed by atoms with Crippen molar-refractivity contribution in [3.8, 4) is 10.6 Å². The van der Waals surface area contributed by atoms with Gasteiger partial charge in [-0.1, -0.05) is 6.07 Å². The Kier molecular flexibility index (Phi) is 4.82. The van der Waals surface area contributed by atoms with Crippen LogP contribution in [0.5, 0.6) is 0 Å². The van der Waals surface area contributed by atoms with E-state index in [0.29, 0.717) is 29.7 Å². The topological polar surface area (TPSA) is 91.3 Å². The number of ketones is 1. The molecule has 0 aromatic carbocycles. The minimum absolute atomic E-state index is 0.0951. The average molecular weight is 475 g/mol. The van der Waals surface area contributed by atoms with Crippen molar-refractivity contribution in [2.45, 2.75) is 37.6 Å². The Hall–Kier alpha value is -3.17. The summed E-state index contributed by atoms with van der Waals surface area (Å²) in [4.78, 5) is 44.4. The van der Waals surface area contributed by atoms with Crippen molar-refractivity contribution >= 4 is 34.8 Å². The van der Waals surface area contributed by atoms with Gasteiger partial charge in [0.1, 0.15) is 11.4 Å². The highest BCUT2D eigenvalue weighted by Gasteiger charge is 2.66. The third-order valence-electron chi connectivity index (χ3n) is 7.39. The zero-order valence-corrected chi connectivity index (χ0v) is 20.3. The molecule has 3 aromatic rings. The Labute approximate surface area is 202 Å². The maximum Gasteiger partial charge on any atom is 0.255 e. The summed E-state index contributed by atoms with van der Waals surface area (Å²) in [6.45, 7) is 4.19. The second kappa shape index (κ2) is 7.68. The number of aromatic nitrogens is 3. The lowest BCUT2D eigenvalue weighted by molar-refractivity contribution is -0.113. The second-order valence-electron chi connectivity index (χ2n) is 9.58. The molecule has 1 amide bonds. The summed E-state index contributed by atoms with van der Waals surface area (Å²) in [6, 6.07) is 5.98. The smallest absolute Gasteiger partial charge is 0.255 e. The van der Waals surface area contributed by atoms with Gasteiger partial charge in [-0.25, -0.2) is 15.0 Å². The van der Waals surface area contributed by atoms with Gasteiger partial charge in [0.25, 0.3) is 5.91 Å². The zero-order valence-electron chi connectivity index (χ0n) is 19.5. The third kappa shape index (κ3) is 3.25. The van der Waals surface area contributed by atoms with Crippen LogP contribution in [0.25, 0.3) is 10.6 Å². The number of carbonyl (C=O) groups is 2. The molecule has 174 valence electrons. The molecule has 1 N–H and O–H groups in total. The summed E-state index contributed by atoms with van der Waals surface area (Å²) >= 11 is 1.48. The molecule has 8 nitrogen and oxygen atoms in total. The van der Waals surface area contributed by atoms with Crippen LogP contribution in [0.1, 0.15) is 51.5 Å². The Bertz CT molecular complexity index is 1310. The van der Waals surface area contributed by atoms with Crippen molar-refractivity contribution in [3.63, 3.8) is 0 Å². The number of aryl methyl sites for hydroxylation is 1. The number of nitrogens with zero attached hydrogens (tertiary/aromatic N) is 5. The third-order valence-corrected chi connectivity index (χ3v) is 8.68. The van der Waals surface area contributed by atoms with Gasteiger partial charge in [0.05, 0.1) is 21.0 Å². The van der Waals surface area contributed by atoms with Crippen LogP contribution in [0.3, 0.4) is 0 Å². The Morgan fingerprint density at radius 3 is 2.56 bits per heavy atom. The molecule has 2 fully saturated rings. The quantitative estimate of drug-likeness (QED) is 0.616. The SMILES string of the molecule is Cc1cnc(Nc2ccc(C3CCN(C)CC3)cn2)nc1-c1cc2c(s1)C1(CC1=O)N(C)C2=O. The number of likely N-dealkylation sites (N-methyl/N-ethyl adjacent to an activating group) is 1. The monoisotopic (exact) mass is 474 g/mol. The molecule has 1 saturated carbocycles. The molecule has 3 aliphatic rings. The summed E-state index contributed by atoms with van der Waals surface area (Å²) in [7, 11) is 3.88. The molecule has 1 atom stereocenters. The average Bonchev–Trinajstić information content (AvgIpc) is 3.25. The Morgan fingerprint density at radius 2 is 1.88 bits per heavy atom. The molecule has 1 aliphatic carbocycles. The van der Waals surface area contributed by atoms with Gasteiger partial charge in [0.15, 0.2) is 5.78 Å². The van der Waals surface area contributed by atoms with E-state index in [9.17, 15) is 9.59 Å². The number of thiophene rings is 1. The number of Topliss-reactive ketones (excluding diaryl/α,β-unsaturated/α-hetero) is 1. The van der Waals surface area contributed by atoms with Gasteiger partial charge in [-0.15, -0.1) is 11.3 Å². The van der Waals surface area contributed by atoms with E-state index in [-0.39, 0.29) is 11.7 Å². The van der Waals surface area contributed by atoms with Gasteiger partial charge < -0.3 is 15.1 Å². The standard InChI is InChI=1S/C25H26N6O2S/c1-14-12-27-24(28-20-5-4-16(13-26-20)15-6-8-30(2)9-7-15)29-21(14)18-10-17-22(34-18)25(11-19(25)32)31(3)23(17)33/h4-5,10,12-13,15H,6-9,11H2,1-3H3,(H,26,27,28,29). The number of pyridine rings is 1. The normalized spacial score (nSPS) is 22.5. The van der Waals surface area contributed by atoms with Gasteiger partial charge in [-0.2, -0.15) is 0 Å². The van der Waals surface area contributed by atoms with Crippen LogP contribution in [0, 0.1) is 6.92 Å². The van der Waals surface area contributed by atoms with E-state index in [0.717, 1.165) is 46.9 Å². The summed E-state index contributed by atoms with van der Waals surface area (Å²) in [6.07, 6.45) is 6.44. The van der Waals surface area contributed by atoms with Gasteiger partial charge in [0, 0.05) is 25.9 Å². The van der Waals surface area contributed by atoms with Crippen molar-refractivity contribution in [1.29, 1.82) is 0 Å². The molecule has 9 heteroatoms. The van der Waals surface area contributed by atoms with Crippen molar-refractivity contribution in [3.05, 3.63) is 52.2 Å². The van der Waals surface area contributed by atoms with Crippen molar-refractivity contribution in [1.82, 2.24) is 24.8 Å². The van der Waals surface area contributed by atoms with Crippen LogP contribution in [-0.2, 0) is 10.3 Å². The van der Waals surface area contributed by atoms with E-state index in [1.807, 2.05) is 25.3 Å². The number of rotatable bonds is 4. The fraction of sp³-hybridized carbons (Fsp3) is 0.400. The van der Waals surface area contributed by atoms with Crippen LogP contribution in [0.2, 0.25) is 0 Å². The van der Waals surface area contributed by atoms with Crippen LogP contribution in [0.15, 0.2) is 30.6 Å². The zero-order chi connectivity index (χ0) is 23.6. The van der Waals surface area contributed by atoms with E-state index in [4.69, 9.17) is 4.98 Å². The first-order chi connectivity index (χ1) is 16.4. The van der Waals surface area contributed by atoms with E-state index in [1.165, 1.54) is 16.9 Å². The first kappa shape index (κ1) is 21.4. The van der Waals surface area contributed by atoms with Gasteiger partial charge in [-0.05, 0) is 69.1 Å². The Balaban J connectivity index is 1.24. The summed E-state index contributed by atoms with van der Waals surface area (Å²) in [5.74, 6) is 1.72. The number of fused-ring (bicyclic) bond motifs is 2. The summed E-state index contributed by atoms with van der Waals surface area (Å²) < 4.78 is 0. The fourth-order valence-corrected chi connectivity index (χ4v) is 6.56. The predicted octanol–water partition coefficient (Wildman–Crippen LogP) is 3.72. The van der Waals surface area contributed by atoms with Crippen molar-refractivity contribution in [2.24, 2.45) is 0 Å². The Morgan fingerprint density at radius 1 is 1.12 bits per heavy atom. The molecule has 3 aromatic heterocycles. The molecule has 1 saturated heterocycles. The number of hydrogen-bond acceptors (Lipinski definition) is 8. The maximum atomic E-state index is 12.7. The number of piperidine rings is 1.